The Hall–Kier alpha value is -0.780. The summed E-state index contributed by atoms with van der Waals surface area (Å²) in [5.74, 6) is 0. The summed E-state index contributed by atoms with van der Waals surface area (Å²) in [7, 11) is 0. The van der Waals surface area contributed by atoms with E-state index in [0.717, 1.165) is 22.1 Å². The van der Waals surface area contributed by atoms with Crippen molar-refractivity contribution in [3.05, 3.63) is 22.3 Å². The Bertz CT molecular complexity index is 446. The zero-order valence-corrected chi connectivity index (χ0v) is 11.3. The Labute approximate surface area is 104 Å². The molecule has 0 atom stereocenters. The van der Waals surface area contributed by atoms with Gasteiger partial charge < -0.3 is 5.32 Å². The minimum absolute atomic E-state index is 0.508. The van der Waals surface area contributed by atoms with Gasteiger partial charge in [-0.05, 0) is 6.92 Å². The molecule has 0 saturated carbocycles. The van der Waals surface area contributed by atoms with Gasteiger partial charge in [-0.1, -0.05) is 13.8 Å². The van der Waals surface area contributed by atoms with E-state index in [4.69, 9.17) is 0 Å². The summed E-state index contributed by atoms with van der Waals surface area (Å²) in [6.45, 7) is 7.28. The molecule has 2 heterocycles. The van der Waals surface area contributed by atoms with Crippen molar-refractivity contribution in [2.45, 2.75) is 33.4 Å². The molecule has 0 aromatic carbocycles. The van der Waals surface area contributed by atoms with Crippen LogP contribution in [0, 0.1) is 6.92 Å². The first-order chi connectivity index (χ1) is 7.66. The third-order valence-corrected chi connectivity index (χ3v) is 4.31. The lowest BCUT2D eigenvalue weighted by Gasteiger charge is -2.05. The molecule has 0 bridgehead atoms. The van der Waals surface area contributed by atoms with Crippen LogP contribution in [-0.2, 0) is 6.54 Å². The molecule has 0 radical (unpaired) electrons. The number of hydrogen-bond acceptors (Lipinski definition) is 5. The van der Waals surface area contributed by atoms with Crippen LogP contribution in [0.1, 0.15) is 24.4 Å². The molecule has 0 amide bonds. The number of aromatic nitrogens is 2. The normalized spacial score (nSPS) is 11.2. The molecule has 0 aliphatic carbocycles. The molecule has 0 unspecified atom stereocenters. The van der Waals surface area contributed by atoms with Gasteiger partial charge in [-0.25, -0.2) is 4.98 Å². The molecule has 5 heteroatoms. The lowest BCUT2D eigenvalue weighted by atomic mass is 10.3. The summed E-state index contributed by atoms with van der Waals surface area (Å²) >= 11 is 3.39. The van der Waals surface area contributed by atoms with Crippen LogP contribution in [0.4, 0.5) is 0 Å². The third kappa shape index (κ3) is 2.66. The van der Waals surface area contributed by atoms with Gasteiger partial charge in [-0.3, -0.25) is 4.98 Å². The fraction of sp³-hybridized carbons (Fsp3) is 0.455. The zero-order valence-electron chi connectivity index (χ0n) is 9.65. The molecule has 86 valence electrons. The first kappa shape index (κ1) is 11.7. The second kappa shape index (κ2) is 5.03. The molecule has 0 saturated heterocycles. The highest BCUT2D eigenvalue weighted by Gasteiger charge is 2.10. The van der Waals surface area contributed by atoms with Gasteiger partial charge in [0.15, 0.2) is 0 Å². The largest absolute Gasteiger partial charge is 0.310 e. The van der Waals surface area contributed by atoms with Gasteiger partial charge in [0.2, 0.25) is 0 Å². The Balaban J connectivity index is 2.16. The molecule has 2 aromatic rings. The Kier molecular flexibility index (Phi) is 3.68. The van der Waals surface area contributed by atoms with Gasteiger partial charge in [0.05, 0.1) is 16.1 Å². The number of aryl methyl sites for hydroxylation is 1. The lowest BCUT2D eigenvalue weighted by Crippen LogP contribution is -2.21. The van der Waals surface area contributed by atoms with Crippen LogP contribution in [0.5, 0.6) is 0 Å². The van der Waals surface area contributed by atoms with Gasteiger partial charge in [0, 0.05) is 23.7 Å². The number of nitrogens with one attached hydrogen (secondary N) is 1. The topological polar surface area (TPSA) is 37.8 Å². The predicted molar refractivity (Wildman–Crippen MR) is 69.9 cm³/mol. The highest BCUT2D eigenvalue weighted by molar-refractivity contribution is 7.20. The van der Waals surface area contributed by atoms with E-state index in [9.17, 15) is 0 Å². The number of rotatable bonds is 4. The van der Waals surface area contributed by atoms with E-state index < -0.39 is 0 Å². The van der Waals surface area contributed by atoms with Crippen molar-refractivity contribution in [2.75, 3.05) is 0 Å². The monoisotopic (exact) mass is 253 g/mol. The Morgan fingerprint density at radius 2 is 2.25 bits per heavy atom. The highest BCUT2D eigenvalue weighted by atomic mass is 32.1. The smallest absolute Gasteiger partial charge is 0.135 e. The minimum atomic E-state index is 0.508. The number of nitrogens with zero attached hydrogens (tertiary/aromatic N) is 2. The second-order valence-electron chi connectivity index (χ2n) is 3.93. The fourth-order valence-electron chi connectivity index (χ4n) is 1.32. The fourth-order valence-corrected chi connectivity index (χ4v) is 3.01. The average Bonchev–Trinajstić information content (AvgIpc) is 2.83. The maximum Gasteiger partial charge on any atom is 0.135 e. The molecule has 0 fully saturated rings. The molecule has 3 nitrogen and oxygen atoms in total. The van der Waals surface area contributed by atoms with Crippen molar-refractivity contribution >= 4 is 22.7 Å². The summed E-state index contributed by atoms with van der Waals surface area (Å²) in [6, 6.07) is 0.508. The number of thiazole rings is 2. The molecule has 0 spiro atoms. The van der Waals surface area contributed by atoms with E-state index in [1.165, 1.54) is 4.88 Å². The predicted octanol–water partition coefficient (Wildman–Crippen LogP) is 3.07. The van der Waals surface area contributed by atoms with Crippen LogP contribution in [0.25, 0.3) is 9.88 Å². The van der Waals surface area contributed by atoms with E-state index in [0.29, 0.717) is 6.04 Å². The van der Waals surface area contributed by atoms with Crippen molar-refractivity contribution in [1.29, 1.82) is 0 Å². The van der Waals surface area contributed by atoms with E-state index in [2.05, 4.69) is 36.1 Å². The molecule has 0 aliphatic rings. The van der Waals surface area contributed by atoms with Gasteiger partial charge >= 0.3 is 0 Å². The standard InChI is InChI=1S/C11H15N3S2/c1-7(2)13-5-9-8(3)14-11(16-9)10-4-12-6-15-10/h4,6-7,13H,5H2,1-3H3. The maximum atomic E-state index is 4.58. The van der Waals surface area contributed by atoms with Gasteiger partial charge in [0.25, 0.3) is 0 Å². The molecular formula is C11H15N3S2. The molecule has 2 aromatic heterocycles. The molecule has 2 rings (SSSR count). The summed E-state index contributed by atoms with van der Waals surface area (Å²) in [4.78, 5) is 11.1. The SMILES string of the molecule is Cc1nc(-c2cncs2)sc1CNC(C)C. The van der Waals surface area contributed by atoms with Gasteiger partial charge in [-0.2, -0.15) is 0 Å². The van der Waals surface area contributed by atoms with Crippen LogP contribution in [0.3, 0.4) is 0 Å². The third-order valence-electron chi connectivity index (χ3n) is 2.21. The summed E-state index contributed by atoms with van der Waals surface area (Å²) < 4.78 is 0. The first-order valence-electron chi connectivity index (χ1n) is 5.25. The van der Waals surface area contributed by atoms with Crippen molar-refractivity contribution in [2.24, 2.45) is 0 Å². The molecular weight excluding hydrogens is 238 g/mol. The van der Waals surface area contributed by atoms with Crippen molar-refractivity contribution in [3.8, 4) is 9.88 Å². The summed E-state index contributed by atoms with van der Waals surface area (Å²) in [5.41, 5.74) is 2.97. The van der Waals surface area contributed by atoms with Crippen LogP contribution in [0.2, 0.25) is 0 Å². The average molecular weight is 253 g/mol. The second-order valence-corrected chi connectivity index (χ2v) is 5.90. The van der Waals surface area contributed by atoms with Crippen molar-refractivity contribution in [1.82, 2.24) is 15.3 Å². The van der Waals surface area contributed by atoms with E-state index in [1.807, 2.05) is 11.7 Å². The first-order valence-corrected chi connectivity index (χ1v) is 6.95. The van der Waals surface area contributed by atoms with Crippen molar-refractivity contribution < 1.29 is 0 Å². The van der Waals surface area contributed by atoms with E-state index in [1.54, 1.807) is 22.7 Å². The highest BCUT2D eigenvalue weighted by Crippen LogP contribution is 2.30. The summed E-state index contributed by atoms with van der Waals surface area (Å²) in [6.07, 6.45) is 1.88. The van der Waals surface area contributed by atoms with Crippen LogP contribution >= 0.6 is 22.7 Å². The molecule has 0 aliphatic heterocycles. The maximum absolute atomic E-state index is 4.58. The van der Waals surface area contributed by atoms with Gasteiger partial charge in [0.1, 0.15) is 5.01 Å². The van der Waals surface area contributed by atoms with Crippen LogP contribution in [0.15, 0.2) is 11.7 Å². The Morgan fingerprint density at radius 1 is 1.44 bits per heavy atom. The van der Waals surface area contributed by atoms with Crippen molar-refractivity contribution in [3.63, 3.8) is 0 Å². The molecule has 1 N–H and O–H groups in total. The quantitative estimate of drug-likeness (QED) is 0.910. The summed E-state index contributed by atoms with van der Waals surface area (Å²) in [5, 5.41) is 4.50. The van der Waals surface area contributed by atoms with E-state index in [-0.39, 0.29) is 0 Å². The van der Waals surface area contributed by atoms with Crippen LogP contribution < -0.4 is 5.32 Å². The number of hydrogen-bond donors (Lipinski definition) is 1. The Morgan fingerprint density at radius 3 is 2.88 bits per heavy atom. The minimum Gasteiger partial charge on any atom is -0.310 e. The lowest BCUT2D eigenvalue weighted by molar-refractivity contribution is 0.591. The van der Waals surface area contributed by atoms with Gasteiger partial charge in [-0.15, -0.1) is 22.7 Å². The zero-order chi connectivity index (χ0) is 11.5. The molecule has 16 heavy (non-hydrogen) atoms. The van der Waals surface area contributed by atoms with E-state index >= 15 is 0 Å². The van der Waals surface area contributed by atoms with Crippen LogP contribution in [-0.4, -0.2) is 16.0 Å².